The topological polar surface area (TPSA) is 63.8 Å². The lowest BCUT2D eigenvalue weighted by atomic mass is 9.94. The van der Waals surface area contributed by atoms with Crippen LogP contribution in [-0.4, -0.2) is 18.4 Å². The predicted molar refractivity (Wildman–Crippen MR) is 63.1 cm³/mol. The normalized spacial score (nSPS) is 16.7. The molecule has 0 saturated heterocycles. The number of hydrogen-bond donors (Lipinski definition) is 1. The average Bonchev–Trinajstić information content (AvgIpc) is 2.70. The van der Waals surface area contributed by atoms with Gasteiger partial charge in [-0.3, -0.25) is 0 Å². The van der Waals surface area contributed by atoms with E-state index in [1.54, 1.807) is 13.2 Å². The van der Waals surface area contributed by atoms with Crippen molar-refractivity contribution in [2.75, 3.05) is 6.61 Å². The van der Waals surface area contributed by atoms with Gasteiger partial charge in [0.2, 0.25) is 0 Å². The third-order valence-electron chi connectivity index (χ3n) is 2.71. The highest BCUT2D eigenvalue weighted by Gasteiger charge is 2.21. The molecular formula is C12H16N2O3. The van der Waals surface area contributed by atoms with Crippen molar-refractivity contribution in [3.05, 3.63) is 23.2 Å². The van der Waals surface area contributed by atoms with Crippen LogP contribution < -0.4 is 5.43 Å². The van der Waals surface area contributed by atoms with Crippen LogP contribution >= 0.6 is 0 Å². The molecule has 0 atom stereocenters. The van der Waals surface area contributed by atoms with E-state index in [1.165, 1.54) is 0 Å². The van der Waals surface area contributed by atoms with E-state index >= 15 is 0 Å². The fourth-order valence-electron chi connectivity index (χ4n) is 2.00. The van der Waals surface area contributed by atoms with Crippen molar-refractivity contribution in [2.24, 2.45) is 5.10 Å². The molecule has 1 N–H and O–H groups in total. The van der Waals surface area contributed by atoms with Crippen LogP contribution in [0.4, 0.5) is 4.79 Å². The van der Waals surface area contributed by atoms with Gasteiger partial charge in [0.1, 0.15) is 5.76 Å². The lowest BCUT2D eigenvalue weighted by Crippen LogP contribution is -2.22. The minimum atomic E-state index is -0.520. The van der Waals surface area contributed by atoms with Crippen molar-refractivity contribution in [3.63, 3.8) is 0 Å². The second-order valence-corrected chi connectivity index (χ2v) is 3.96. The Morgan fingerprint density at radius 2 is 2.41 bits per heavy atom. The highest BCUT2D eigenvalue weighted by molar-refractivity contribution is 6.03. The molecule has 0 spiro atoms. The van der Waals surface area contributed by atoms with Gasteiger partial charge in [0.05, 0.1) is 18.6 Å². The first-order valence-electron chi connectivity index (χ1n) is 5.79. The van der Waals surface area contributed by atoms with E-state index in [9.17, 15) is 4.79 Å². The monoisotopic (exact) mass is 236 g/mol. The van der Waals surface area contributed by atoms with Gasteiger partial charge in [0.15, 0.2) is 0 Å². The second kappa shape index (κ2) is 5.03. The van der Waals surface area contributed by atoms with Crippen molar-refractivity contribution >= 4 is 11.8 Å². The molecule has 1 heterocycles. The molecule has 1 aromatic heterocycles. The van der Waals surface area contributed by atoms with Crippen molar-refractivity contribution < 1.29 is 13.9 Å². The summed E-state index contributed by atoms with van der Waals surface area (Å²) < 4.78 is 10.2. The molecule has 92 valence electrons. The van der Waals surface area contributed by atoms with E-state index in [-0.39, 0.29) is 0 Å². The maximum Gasteiger partial charge on any atom is 0.427 e. The fourth-order valence-corrected chi connectivity index (χ4v) is 2.00. The third-order valence-corrected chi connectivity index (χ3v) is 2.71. The van der Waals surface area contributed by atoms with Crippen molar-refractivity contribution in [3.8, 4) is 0 Å². The number of carbonyl (C=O) groups is 1. The lowest BCUT2D eigenvalue weighted by molar-refractivity contribution is 0.152. The molecule has 0 fully saturated rings. The second-order valence-electron chi connectivity index (χ2n) is 3.96. The van der Waals surface area contributed by atoms with Crippen LogP contribution in [0, 0.1) is 6.92 Å². The van der Waals surface area contributed by atoms with Crippen LogP contribution in [-0.2, 0) is 11.2 Å². The average molecular weight is 236 g/mol. The maximum absolute atomic E-state index is 11.2. The smallest absolute Gasteiger partial charge is 0.427 e. The Morgan fingerprint density at radius 1 is 1.59 bits per heavy atom. The number of carbonyl (C=O) groups excluding carboxylic acids is 1. The molecule has 1 aliphatic carbocycles. The van der Waals surface area contributed by atoms with Gasteiger partial charge in [-0.2, -0.15) is 5.10 Å². The molecule has 5 nitrogen and oxygen atoms in total. The molecule has 0 radical (unpaired) electrons. The third kappa shape index (κ3) is 2.49. The molecule has 0 saturated carbocycles. The summed E-state index contributed by atoms with van der Waals surface area (Å²) in [5, 5.41) is 4.11. The summed E-state index contributed by atoms with van der Waals surface area (Å²) in [4.78, 5) is 11.2. The van der Waals surface area contributed by atoms with Crippen LogP contribution in [0.1, 0.15) is 36.7 Å². The Kier molecular flexibility index (Phi) is 3.46. The Balaban J connectivity index is 2.15. The molecule has 5 heteroatoms. The lowest BCUT2D eigenvalue weighted by Gasteiger charge is -2.13. The number of hydrogen-bond acceptors (Lipinski definition) is 4. The van der Waals surface area contributed by atoms with Crippen LogP contribution in [0.25, 0.3) is 0 Å². The fraction of sp³-hybridized carbons (Fsp3) is 0.500. The standard InChI is InChI=1S/C12H16N2O3/c1-3-16-12(15)14-13-9-5-4-6-10-11(9)8(2)7-17-10/h7H,3-6H2,1-2H3,(H,14,15)/b13-9-. The molecule has 17 heavy (non-hydrogen) atoms. The molecule has 1 aliphatic rings. The van der Waals surface area contributed by atoms with E-state index in [0.717, 1.165) is 41.9 Å². The molecular weight excluding hydrogens is 220 g/mol. The maximum atomic E-state index is 11.2. The number of nitrogens with one attached hydrogen (secondary N) is 1. The molecule has 0 aromatic carbocycles. The molecule has 2 rings (SSSR count). The van der Waals surface area contributed by atoms with Crippen molar-refractivity contribution in [1.29, 1.82) is 0 Å². The van der Waals surface area contributed by atoms with Crippen LogP contribution in [0.5, 0.6) is 0 Å². The predicted octanol–water partition coefficient (Wildman–Crippen LogP) is 2.37. The van der Waals surface area contributed by atoms with Crippen LogP contribution in [0.2, 0.25) is 0 Å². The minimum Gasteiger partial charge on any atom is -0.468 e. The molecule has 1 amide bonds. The first-order chi connectivity index (χ1) is 8.22. The summed E-state index contributed by atoms with van der Waals surface area (Å²) >= 11 is 0. The zero-order valence-electron chi connectivity index (χ0n) is 10.1. The highest BCUT2D eigenvalue weighted by atomic mass is 16.5. The van der Waals surface area contributed by atoms with Gasteiger partial charge >= 0.3 is 6.09 Å². The largest absolute Gasteiger partial charge is 0.468 e. The van der Waals surface area contributed by atoms with E-state index in [4.69, 9.17) is 9.15 Å². The molecule has 0 bridgehead atoms. The van der Waals surface area contributed by atoms with Gasteiger partial charge in [0.25, 0.3) is 0 Å². The quantitative estimate of drug-likeness (QED) is 0.802. The number of rotatable bonds is 2. The number of aryl methyl sites for hydroxylation is 2. The molecule has 1 aromatic rings. The summed E-state index contributed by atoms with van der Waals surface area (Å²) in [5.74, 6) is 0.957. The van der Waals surface area contributed by atoms with Gasteiger partial charge in [0, 0.05) is 12.0 Å². The summed E-state index contributed by atoms with van der Waals surface area (Å²) in [5.41, 5.74) is 5.36. The van der Waals surface area contributed by atoms with Crippen molar-refractivity contribution in [1.82, 2.24) is 5.43 Å². The van der Waals surface area contributed by atoms with Crippen molar-refractivity contribution in [2.45, 2.75) is 33.1 Å². The van der Waals surface area contributed by atoms with Gasteiger partial charge in [-0.05, 0) is 32.3 Å². The highest BCUT2D eigenvalue weighted by Crippen LogP contribution is 2.26. The summed E-state index contributed by atoms with van der Waals surface area (Å²) in [6, 6.07) is 0. The van der Waals surface area contributed by atoms with E-state index < -0.39 is 6.09 Å². The molecule has 0 unspecified atom stereocenters. The van der Waals surface area contributed by atoms with Crippen LogP contribution in [0.15, 0.2) is 15.8 Å². The SMILES string of the molecule is CCOC(=O)N/N=C1/CCCc2occ(C)c21. The molecule has 0 aliphatic heterocycles. The van der Waals surface area contributed by atoms with E-state index in [1.807, 2.05) is 6.92 Å². The van der Waals surface area contributed by atoms with Gasteiger partial charge in [-0.1, -0.05) is 0 Å². The Bertz CT molecular complexity index is 449. The Labute approximate surface area is 99.8 Å². The summed E-state index contributed by atoms with van der Waals surface area (Å²) in [7, 11) is 0. The van der Waals surface area contributed by atoms with Gasteiger partial charge < -0.3 is 9.15 Å². The number of nitrogens with zero attached hydrogens (tertiary/aromatic N) is 1. The Morgan fingerprint density at radius 3 is 3.18 bits per heavy atom. The van der Waals surface area contributed by atoms with Crippen LogP contribution in [0.3, 0.4) is 0 Å². The first kappa shape index (κ1) is 11.7. The number of furan rings is 1. The number of amides is 1. The minimum absolute atomic E-state index is 0.340. The zero-order chi connectivity index (χ0) is 12.3. The van der Waals surface area contributed by atoms with Gasteiger partial charge in [-0.15, -0.1) is 0 Å². The van der Waals surface area contributed by atoms with Gasteiger partial charge in [-0.25, -0.2) is 10.2 Å². The zero-order valence-corrected chi connectivity index (χ0v) is 10.1. The summed E-state index contributed by atoms with van der Waals surface area (Å²) in [6.45, 7) is 4.08. The van der Waals surface area contributed by atoms with E-state index in [0.29, 0.717) is 6.61 Å². The number of fused-ring (bicyclic) bond motifs is 1. The number of ether oxygens (including phenoxy) is 1. The Hall–Kier alpha value is -1.78. The number of hydrazone groups is 1. The van der Waals surface area contributed by atoms with E-state index in [2.05, 4.69) is 10.5 Å². The first-order valence-corrected chi connectivity index (χ1v) is 5.79. The summed E-state index contributed by atoms with van der Waals surface area (Å²) in [6.07, 6.45) is 3.98.